The molecule has 4 aliphatic heterocycles. The van der Waals surface area contributed by atoms with Crippen LogP contribution in [0, 0.1) is 30.6 Å². The second-order valence-electron chi connectivity index (χ2n) is 16.8. The summed E-state index contributed by atoms with van der Waals surface area (Å²) in [4.78, 5) is 57.9. The minimum Gasteiger partial charge on any atom is -0.462 e. The SMILES string of the molecule is CCNc1c(C)c2c3c4c1C(=O)C(=C(/C=N/N1CCN(C)CC1)C4O)NC(=O)/C(C)=C\C=C\[C@H](C)[C@H](O)[C@@H](C)[C@@H](O)[C@@H](C)[C@H](OC(C)=O)[C@H](C)[C@@H](OC)/C=C/O[C@@](C)(O2)C3=O. The number of nitrogens with one attached hydrogen (secondary N) is 2. The number of hydrazone groups is 1. The molecular formula is C45H63N5O11. The second kappa shape index (κ2) is 19.5. The van der Waals surface area contributed by atoms with E-state index in [2.05, 4.69) is 20.6 Å². The number of carbonyl (C=O) groups excluding carboxylic acids is 4. The van der Waals surface area contributed by atoms with Gasteiger partial charge in [-0.25, -0.2) is 0 Å². The lowest BCUT2D eigenvalue weighted by Gasteiger charge is -2.38. The standard InChI is InChI=1S/C45H63N5O11/c1-12-46-35-26(5)42-34-32-33(35)40(55)36(30(39(32)54)22-47-50-19-17-49(10)18-20-50)48-44(57)24(3)15-13-14-23(2)37(52)27(6)38(53)28(7)41(60-29(8)51)25(4)31(58-11)16-21-59-45(9,61-42)43(34)56/h13-16,21-23,25,27-28,31,37-39,41,46,52-54H,12,17-20H2,1-11H3,(H,48,57)/b14-13+,21-16+,24-15-,47-22+/t23-,25+,27+,28+,31-,37-,38+,39?,41+,45-/m0/s1. The number of ketones is 2. The highest BCUT2D eigenvalue weighted by Crippen LogP contribution is 2.50. The Hall–Kier alpha value is -4.87. The number of fused-ring (bicyclic) bond motifs is 14. The van der Waals surface area contributed by atoms with Gasteiger partial charge in [0, 0.05) is 99.6 Å². The molecular weight excluding hydrogens is 787 g/mol. The molecule has 10 atom stereocenters. The van der Waals surface area contributed by atoms with Gasteiger partial charge in [-0.3, -0.25) is 24.2 Å². The Morgan fingerprint density at radius 1 is 1.02 bits per heavy atom. The number of rotatable bonds is 6. The van der Waals surface area contributed by atoms with Gasteiger partial charge in [0.2, 0.25) is 5.78 Å². The number of anilines is 1. The molecule has 1 fully saturated rings. The fourth-order valence-corrected chi connectivity index (χ4v) is 8.46. The molecule has 0 aromatic heterocycles. The van der Waals surface area contributed by atoms with Crippen molar-refractivity contribution in [1.29, 1.82) is 0 Å². The number of ether oxygens (including phenoxy) is 4. The van der Waals surface area contributed by atoms with Crippen molar-refractivity contribution in [3.05, 3.63) is 69.7 Å². The Morgan fingerprint density at radius 2 is 1.69 bits per heavy atom. The number of allylic oxidation sites excluding steroid dienone is 3. The Balaban J connectivity index is 1.69. The van der Waals surface area contributed by atoms with Crippen molar-refractivity contribution in [3.63, 3.8) is 0 Å². The van der Waals surface area contributed by atoms with E-state index >= 15 is 0 Å². The van der Waals surface area contributed by atoms with E-state index in [0.29, 0.717) is 30.9 Å². The molecule has 5 bridgehead atoms. The predicted octanol–water partition coefficient (Wildman–Crippen LogP) is 3.81. The number of benzene rings is 1. The van der Waals surface area contributed by atoms with E-state index in [-0.39, 0.29) is 39.3 Å². The number of carbonyl (C=O) groups is 4. The second-order valence-corrected chi connectivity index (χ2v) is 16.8. The van der Waals surface area contributed by atoms with Crippen LogP contribution in [-0.2, 0) is 23.8 Å². The number of aliphatic hydroxyl groups is 3. The summed E-state index contributed by atoms with van der Waals surface area (Å²) in [6.07, 6.45) is 3.57. The van der Waals surface area contributed by atoms with Crippen LogP contribution >= 0.6 is 0 Å². The summed E-state index contributed by atoms with van der Waals surface area (Å²) in [7, 11) is 3.46. The largest absolute Gasteiger partial charge is 0.462 e. The number of amides is 1. The van der Waals surface area contributed by atoms with E-state index in [0.717, 1.165) is 13.1 Å². The van der Waals surface area contributed by atoms with Gasteiger partial charge >= 0.3 is 11.8 Å². The third-order valence-corrected chi connectivity index (χ3v) is 12.4. The molecule has 16 heteroatoms. The maximum atomic E-state index is 14.9. The number of aliphatic hydroxyl groups excluding tert-OH is 3. The van der Waals surface area contributed by atoms with Crippen molar-refractivity contribution < 1.29 is 53.4 Å². The van der Waals surface area contributed by atoms with Crippen molar-refractivity contribution in [1.82, 2.24) is 15.2 Å². The summed E-state index contributed by atoms with van der Waals surface area (Å²) in [5.41, 5.74) is 0.673. The average Bonchev–Trinajstić information content (AvgIpc) is 3.49. The van der Waals surface area contributed by atoms with Gasteiger partial charge < -0.3 is 49.8 Å². The molecule has 16 nitrogen and oxygen atoms in total. The fourth-order valence-electron chi connectivity index (χ4n) is 8.46. The van der Waals surface area contributed by atoms with Gasteiger partial charge in [0.05, 0.1) is 53.3 Å². The number of piperazine rings is 1. The molecule has 0 spiro atoms. The Bertz CT molecular complexity index is 2020. The zero-order chi connectivity index (χ0) is 45.1. The van der Waals surface area contributed by atoms with E-state index in [4.69, 9.17) is 18.9 Å². The summed E-state index contributed by atoms with van der Waals surface area (Å²) < 4.78 is 24.0. The molecule has 1 unspecified atom stereocenters. The van der Waals surface area contributed by atoms with Crippen molar-refractivity contribution in [2.45, 2.75) is 98.6 Å². The summed E-state index contributed by atoms with van der Waals surface area (Å²) in [6.45, 7) is 17.8. The maximum Gasteiger partial charge on any atom is 0.312 e. The van der Waals surface area contributed by atoms with Crippen LogP contribution in [0.4, 0.5) is 5.69 Å². The molecule has 1 aliphatic carbocycles. The van der Waals surface area contributed by atoms with Crippen LogP contribution < -0.4 is 15.4 Å². The van der Waals surface area contributed by atoms with E-state index < -0.39 is 83.4 Å². The number of esters is 1. The first-order chi connectivity index (χ1) is 28.8. The molecule has 0 radical (unpaired) electrons. The minimum atomic E-state index is -1.97. The number of nitrogens with zero attached hydrogens (tertiary/aromatic N) is 3. The number of hydrogen-bond donors (Lipinski definition) is 5. The highest BCUT2D eigenvalue weighted by Gasteiger charge is 2.52. The van der Waals surface area contributed by atoms with Crippen LogP contribution in [0.3, 0.4) is 0 Å². The van der Waals surface area contributed by atoms with Gasteiger partial charge in [-0.1, -0.05) is 45.9 Å². The average molecular weight is 850 g/mol. The number of hydrogen-bond acceptors (Lipinski definition) is 15. The molecule has 6 rings (SSSR count). The third kappa shape index (κ3) is 9.63. The third-order valence-electron chi connectivity index (χ3n) is 12.4. The predicted molar refractivity (Wildman–Crippen MR) is 229 cm³/mol. The van der Waals surface area contributed by atoms with Gasteiger partial charge in [0.15, 0.2) is 0 Å². The van der Waals surface area contributed by atoms with E-state index in [1.807, 2.05) is 19.0 Å². The van der Waals surface area contributed by atoms with Crippen molar-refractivity contribution >= 4 is 35.3 Å². The molecule has 61 heavy (non-hydrogen) atoms. The molecule has 5 aliphatic rings. The van der Waals surface area contributed by atoms with Crippen LogP contribution in [0.15, 0.2) is 52.5 Å². The number of likely N-dealkylation sites (N-methyl/N-ethyl adjacent to an activating group) is 1. The van der Waals surface area contributed by atoms with Gasteiger partial charge in [-0.15, -0.1) is 0 Å². The molecule has 1 aromatic carbocycles. The molecule has 5 N–H and O–H groups in total. The Kier molecular flexibility index (Phi) is 15.0. The van der Waals surface area contributed by atoms with Crippen LogP contribution in [-0.4, -0.2) is 132 Å². The molecule has 1 amide bonds. The van der Waals surface area contributed by atoms with Crippen molar-refractivity contribution in [2.75, 3.05) is 52.2 Å². The maximum absolute atomic E-state index is 14.9. The normalized spacial score (nSPS) is 33.7. The monoisotopic (exact) mass is 849 g/mol. The lowest BCUT2D eigenvalue weighted by atomic mass is 9.78. The van der Waals surface area contributed by atoms with E-state index in [9.17, 15) is 34.5 Å². The van der Waals surface area contributed by atoms with Crippen LogP contribution in [0.25, 0.3) is 0 Å². The van der Waals surface area contributed by atoms with Crippen LogP contribution in [0.2, 0.25) is 0 Å². The molecule has 1 aromatic rings. The number of methoxy groups -OCH3 is 1. The molecule has 334 valence electrons. The topological polar surface area (TPSA) is 209 Å². The van der Waals surface area contributed by atoms with Gasteiger partial charge in [-0.2, -0.15) is 5.10 Å². The molecule has 4 heterocycles. The van der Waals surface area contributed by atoms with Crippen LogP contribution in [0.1, 0.15) is 93.3 Å². The first-order valence-corrected chi connectivity index (χ1v) is 21.0. The number of Topliss-reactive ketones (excluding diaryl/α,β-unsaturated/α-hetero) is 2. The van der Waals surface area contributed by atoms with E-state index in [1.54, 1.807) is 59.8 Å². The van der Waals surface area contributed by atoms with Crippen molar-refractivity contribution in [3.8, 4) is 5.75 Å². The Labute approximate surface area is 358 Å². The highest BCUT2D eigenvalue weighted by atomic mass is 16.7. The van der Waals surface area contributed by atoms with Crippen LogP contribution in [0.5, 0.6) is 5.75 Å². The zero-order valence-electron chi connectivity index (χ0n) is 37.1. The molecule has 1 saturated heterocycles. The van der Waals surface area contributed by atoms with E-state index in [1.165, 1.54) is 39.5 Å². The first-order valence-electron chi connectivity index (χ1n) is 21.0. The van der Waals surface area contributed by atoms with Gasteiger partial charge in [0.1, 0.15) is 18.0 Å². The Morgan fingerprint density at radius 3 is 2.31 bits per heavy atom. The van der Waals surface area contributed by atoms with Gasteiger partial charge in [0.25, 0.3) is 11.7 Å². The summed E-state index contributed by atoms with van der Waals surface area (Å²) in [6, 6.07) is 0. The summed E-state index contributed by atoms with van der Waals surface area (Å²) in [5.74, 6) is -6.79. The minimum absolute atomic E-state index is 0.00315. The zero-order valence-corrected chi connectivity index (χ0v) is 37.1. The quantitative estimate of drug-likeness (QED) is 0.204. The first kappa shape index (κ1) is 47.2. The van der Waals surface area contributed by atoms with Gasteiger partial charge in [-0.05, 0) is 33.9 Å². The fraction of sp³-hybridized carbons (Fsp3) is 0.578. The smallest absolute Gasteiger partial charge is 0.312 e. The summed E-state index contributed by atoms with van der Waals surface area (Å²) in [5, 5.41) is 47.7. The lowest BCUT2D eigenvalue weighted by molar-refractivity contribution is -0.160. The highest BCUT2D eigenvalue weighted by molar-refractivity contribution is 6.22. The lowest BCUT2D eigenvalue weighted by Crippen LogP contribution is -2.46. The van der Waals surface area contributed by atoms with Crippen molar-refractivity contribution in [2.24, 2.45) is 28.8 Å². The molecule has 0 saturated carbocycles. The summed E-state index contributed by atoms with van der Waals surface area (Å²) >= 11 is 0.